The van der Waals surface area contributed by atoms with Crippen LogP contribution in [0.3, 0.4) is 0 Å². The van der Waals surface area contributed by atoms with Crippen molar-refractivity contribution in [3.63, 3.8) is 0 Å². The lowest BCUT2D eigenvalue weighted by Crippen LogP contribution is -2.09. The summed E-state index contributed by atoms with van der Waals surface area (Å²) in [6.45, 7) is 0. The number of aliphatic carboxylic acids is 2. The Balaban J connectivity index is 0.000000280. The molecule has 152 valence electrons. The van der Waals surface area contributed by atoms with Gasteiger partial charge in [-0.3, -0.25) is 18.7 Å². The van der Waals surface area contributed by atoms with Gasteiger partial charge in [-0.05, 0) is 24.3 Å². The average Bonchev–Trinajstić information content (AvgIpc) is 2.67. The molecular formula is C18H22O8P2. The van der Waals surface area contributed by atoms with Crippen molar-refractivity contribution in [2.45, 2.75) is 12.8 Å². The maximum atomic E-state index is 11.6. The largest absolute Gasteiger partial charge is 0.481 e. The third kappa shape index (κ3) is 8.63. The molecule has 0 aromatic heterocycles. The molecule has 0 fully saturated rings. The van der Waals surface area contributed by atoms with Crippen LogP contribution >= 0.6 is 14.7 Å². The van der Waals surface area contributed by atoms with E-state index in [1.165, 1.54) is 24.3 Å². The summed E-state index contributed by atoms with van der Waals surface area (Å²) in [5, 5.41) is 17.4. The zero-order valence-corrected chi connectivity index (χ0v) is 16.7. The smallest absolute Gasteiger partial charge is 0.303 e. The molecule has 0 radical (unpaired) electrons. The molecule has 2 unspecified atom stereocenters. The van der Waals surface area contributed by atoms with Crippen LogP contribution in [0.5, 0.6) is 0 Å². The Morgan fingerprint density at radius 1 is 0.643 bits per heavy atom. The highest BCUT2D eigenvalue weighted by Crippen LogP contribution is 2.40. The van der Waals surface area contributed by atoms with Gasteiger partial charge in [0.05, 0.1) is 12.8 Å². The average molecular weight is 428 g/mol. The molecule has 8 nitrogen and oxygen atoms in total. The molecule has 2 aromatic carbocycles. The zero-order valence-electron chi connectivity index (χ0n) is 14.9. The first-order valence-electron chi connectivity index (χ1n) is 8.23. The minimum Gasteiger partial charge on any atom is -0.481 e. The minimum absolute atomic E-state index is 0.216. The number of carboxylic acids is 2. The molecule has 2 rings (SSSR count). The number of hydrogen-bond donors (Lipinski definition) is 4. The van der Waals surface area contributed by atoms with Gasteiger partial charge in [-0.15, -0.1) is 0 Å². The van der Waals surface area contributed by atoms with E-state index < -0.39 is 26.7 Å². The second-order valence-corrected chi connectivity index (χ2v) is 10.5. The number of carbonyl (C=O) groups is 2. The fourth-order valence-electron chi connectivity index (χ4n) is 2.07. The molecule has 28 heavy (non-hydrogen) atoms. The van der Waals surface area contributed by atoms with Crippen LogP contribution < -0.4 is 10.6 Å². The third-order valence-electron chi connectivity index (χ3n) is 3.58. The minimum atomic E-state index is -3.48. The van der Waals surface area contributed by atoms with E-state index in [0.717, 1.165) is 0 Å². The summed E-state index contributed by atoms with van der Waals surface area (Å²) in [6.07, 6.45) is -1.01. The lowest BCUT2D eigenvalue weighted by molar-refractivity contribution is -0.137. The topological polar surface area (TPSA) is 149 Å². The van der Waals surface area contributed by atoms with Crippen LogP contribution in [0, 0.1) is 0 Å². The SMILES string of the molecule is O=C(O)CCP(=O)(O)c1ccccc1.O=C(O)CCP(=O)(O)c1ccccc1. The van der Waals surface area contributed by atoms with Crippen molar-refractivity contribution < 1.29 is 38.7 Å². The van der Waals surface area contributed by atoms with E-state index in [1.54, 1.807) is 36.4 Å². The highest BCUT2D eigenvalue weighted by atomic mass is 31.2. The van der Waals surface area contributed by atoms with Crippen LogP contribution in [-0.2, 0) is 18.7 Å². The van der Waals surface area contributed by atoms with Gasteiger partial charge < -0.3 is 20.0 Å². The number of benzene rings is 2. The Bertz CT molecular complexity index is 794. The molecule has 4 N–H and O–H groups in total. The van der Waals surface area contributed by atoms with Crippen molar-refractivity contribution in [1.82, 2.24) is 0 Å². The van der Waals surface area contributed by atoms with Crippen molar-refractivity contribution in [3.8, 4) is 0 Å². The predicted octanol–water partition coefficient (Wildman–Crippen LogP) is 2.11. The Labute approximate surface area is 162 Å². The van der Waals surface area contributed by atoms with E-state index in [9.17, 15) is 28.5 Å². The van der Waals surface area contributed by atoms with Crippen molar-refractivity contribution in [3.05, 3.63) is 60.7 Å². The molecule has 2 aromatic rings. The Morgan fingerprint density at radius 2 is 0.929 bits per heavy atom. The van der Waals surface area contributed by atoms with E-state index in [1.807, 2.05) is 0 Å². The Kier molecular flexibility index (Phi) is 9.29. The van der Waals surface area contributed by atoms with Gasteiger partial charge in [-0.25, -0.2) is 0 Å². The highest BCUT2D eigenvalue weighted by molar-refractivity contribution is 7.66. The van der Waals surface area contributed by atoms with Gasteiger partial charge in [-0.2, -0.15) is 0 Å². The van der Waals surface area contributed by atoms with Crippen molar-refractivity contribution in [1.29, 1.82) is 0 Å². The van der Waals surface area contributed by atoms with Crippen molar-refractivity contribution in [2.75, 3.05) is 12.3 Å². The van der Waals surface area contributed by atoms with E-state index in [-0.39, 0.29) is 25.2 Å². The van der Waals surface area contributed by atoms with E-state index in [2.05, 4.69) is 0 Å². The van der Waals surface area contributed by atoms with Crippen LogP contribution in [0.15, 0.2) is 60.7 Å². The molecule has 0 aliphatic carbocycles. The van der Waals surface area contributed by atoms with Crippen LogP contribution in [0.4, 0.5) is 0 Å². The van der Waals surface area contributed by atoms with Gasteiger partial charge in [0.15, 0.2) is 0 Å². The maximum absolute atomic E-state index is 11.6. The predicted molar refractivity (Wildman–Crippen MR) is 106 cm³/mol. The van der Waals surface area contributed by atoms with Crippen molar-refractivity contribution >= 4 is 37.3 Å². The number of rotatable bonds is 8. The van der Waals surface area contributed by atoms with Crippen LogP contribution in [0.2, 0.25) is 0 Å². The van der Waals surface area contributed by atoms with E-state index in [4.69, 9.17) is 10.2 Å². The molecule has 0 saturated heterocycles. The first kappa shape index (κ1) is 23.8. The summed E-state index contributed by atoms with van der Waals surface area (Å²) < 4.78 is 23.2. The fourth-order valence-corrected chi connectivity index (χ4v) is 4.86. The number of carboxylic acid groups (broad SMARTS) is 2. The number of hydrogen-bond acceptors (Lipinski definition) is 4. The summed E-state index contributed by atoms with van der Waals surface area (Å²) >= 11 is 0. The lowest BCUT2D eigenvalue weighted by Gasteiger charge is -2.09. The highest BCUT2D eigenvalue weighted by Gasteiger charge is 2.22. The second-order valence-electron chi connectivity index (χ2n) is 5.81. The van der Waals surface area contributed by atoms with Gasteiger partial charge in [0, 0.05) is 22.9 Å². The third-order valence-corrected chi connectivity index (χ3v) is 7.45. The summed E-state index contributed by atoms with van der Waals surface area (Å²) in [7, 11) is -6.96. The first-order valence-corrected chi connectivity index (χ1v) is 11.9. The summed E-state index contributed by atoms with van der Waals surface area (Å²) in [6, 6.07) is 16.2. The van der Waals surface area contributed by atoms with Gasteiger partial charge in [0.2, 0.25) is 14.7 Å². The standard InChI is InChI=1S/2C9H11O4P/c2*10-9(11)6-7-14(12,13)8-4-2-1-3-5-8/h2*1-5H,6-7H2,(H,10,11)(H,12,13). The molecule has 0 spiro atoms. The summed E-state index contributed by atoms with van der Waals surface area (Å²) in [4.78, 5) is 39.5. The fraction of sp³-hybridized carbons (Fsp3) is 0.222. The van der Waals surface area contributed by atoms with Gasteiger partial charge in [0.1, 0.15) is 0 Å². The Morgan fingerprint density at radius 3 is 1.18 bits per heavy atom. The summed E-state index contributed by atoms with van der Waals surface area (Å²) in [5.41, 5.74) is 0. The molecule has 0 aliphatic rings. The van der Waals surface area contributed by atoms with Crippen LogP contribution in [0.1, 0.15) is 12.8 Å². The second kappa shape index (κ2) is 10.9. The quantitative estimate of drug-likeness (QED) is 0.467. The van der Waals surface area contributed by atoms with Crippen LogP contribution in [0.25, 0.3) is 0 Å². The van der Waals surface area contributed by atoms with Gasteiger partial charge >= 0.3 is 11.9 Å². The van der Waals surface area contributed by atoms with Crippen molar-refractivity contribution in [2.24, 2.45) is 0 Å². The van der Waals surface area contributed by atoms with Gasteiger partial charge in [0.25, 0.3) is 0 Å². The zero-order chi connectivity index (χ0) is 21.2. The Hall–Kier alpha value is -2.24. The van der Waals surface area contributed by atoms with E-state index >= 15 is 0 Å². The van der Waals surface area contributed by atoms with Crippen LogP contribution in [-0.4, -0.2) is 44.3 Å². The first-order chi connectivity index (χ1) is 13.0. The lowest BCUT2D eigenvalue weighted by atomic mass is 10.4. The maximum Gasteiger partial charge on any atom is 0.303 e. The molecule has 0 amide bonds. The molecule has 2 atom stereocenters. The molecule has 0 saturated carbocycles. The van der Waals surface area contributed by atoms with Gasteiger partial charge in [-0.1, -0.05) is 36.4 Å². The molecular weight excluding hydrogens is 406 g/mol. The molecule has 0 heterocycles. The van der Waals surface area contributed by atoms with E-state index in [0.29, 0.717) is 10.6 Å². The summed E-state index contributed by atoms with van der Waals surface area (Å²) in [5.74, 6) is -2.12. The molecule has 10 heteroatoms. The normalized spacial score (nSPS) is 14.6. The monoisotopic (exact) mass is 428 g/mol. The molecule has 0 aliphatic heterocycles. The molecule has 0 bridgehead atoms.